The summed E-state index contributed by atoms with van der Waals surface area (Å²) in [7, 11) is 0. The van der Waals surface area contributed by atoms with E-state index < -0.39 is 0 Å². The van der Waals surface area contributed by atoms with Gasteiger partial charge in [-0.1, -0.05) is 6.92 Å². The van der Waals surface area contributed by atoms with Crippen molar-refractivity contribution in [1.82, 2.24) is 9.88 Å². The van der Waals surface area contributed by atoms with Gasteiger partial charge in [-0.15, -0.1) is 0 Å². The van der Waals surface area contributed by atoms with Gasteiger partial charge in [-0.2, -0.15) is 0 Å². The molecule has 2 unspecified atom stereocenters. The van der Waals surface area contributed by atoms with E-state index in [1.54, 1.807) is 6.20 Å². The second-order valence-corrected chi connectivity index (χ2v) is 5.13. The summed E-state index contributed by atoms with van der Waals surface area (Å²) in [5, 5.41) is 3.17. The second kappa shape index (κ2) is 6.04. The number of carbonyl (C=O) groups is 1. The summed E-state index contributed by atoms with van der Waals surface area (Å²) in [6.45, 7) is 7.06. The highest BCUT2D eigenvalue weighted by Crippen LogP contribution is 2.29. The monoisotopic (exact) mass is 261 g/mol. The molecule has 4 heteroatoms. The zero-order valence-electron chi connectivity index (χ0n) is 12.0. The Kier molecular flexibility index (Phi) is 4.40. The van der Waals surface area contributed by atoms with Crippen molar-refractivity contribution in [3.05, 3.63) is 23.9 Å². The molecule has 1 N–H and O–H groups in total. The topological polar surface area (TPSA) is 45.2 Å². The van der Waals surface area contributed by atoms with Crippen molar-refractivity contribution in [3.63, 3.8) is 0 Å². The first-order valence-electron chi connectivity index (χ1n) is 7.20. The molecule has 2 atom stereocenters. The van der Waals surface area contributed by atoms with E-state index >= 15 is 0 Å². The van der Waals surface area contributed by atoms with Crippen LogP contribution in [-0.4, -0.2) is 34.4 Å². The minimum atomic E-state index is 0.112. The number of carbonyl (C=O) groups excluding carboxylic acids is 1. The molecule has 1 aliphatic rings. The molecule has 1 aromatic heterocycles. The highest BCUT2D eigenvalue weighted by atomic mass is 16.2. The summed E-state index contributed by atoms with van der Waals surface area (Å²) in [5.41, 5.74) is 0.691. The van der Waals surface area contributed by atoms with Gasteiger partial charge in [0.1, 0.15) is 5.82 Å². The molecule has 0 radical (unpaired) electrons. The van der Waals surface area contributed by atoms with Crippen LogP contribution < -0.4 is 5.32 Å². The fraction of sp³-hybridized carbons (Fsp3) is 0.600. The van der Waals surface area contributed by atoms with Crippen molar-refractivity contribution < 1.29 is 4.79 Å². The molecule has 1 aromatic rings. The van der Waals surface area contributed by atoms with E-state index in [2.05, 4.69) is 24.1 Å². The van der Waals surface area contributed by atoms with Crippen LogP contribution in [-0.2, 0) is 0 Å². The first kappa shape index (κ1) is 13.8. The van der Waals surface area contributed by atoms with Gasteiger partial charge in [0.15, 0.2) is 0 Å². The summed E-state index contributed by atoms with van der Waals surface area (Å²) in [6.07, 6.45) is 4.95. The van der Waals surface area contributed by atoms with Gasteiger partial charge in [0, 0.05) is 24.8 Å². The SMILES string of the molecule is CCNc1ncccc1C(=O)N1C(C)CCC1CC. The van der Waals surface area contributed by atoms with E-state index in [1.165, 1.54) is 0 Å². The molecule has 1 fully saturated rings. The maximum Gasteiger partial charge on any atom is 0.258 e. The van der Waals surface area contributed by atoms with E-state index in [0.29, 0.717) is 23.5 Å². The minimum absolute atomic E-state index is 0.112. The maximum atomic E-state index is 12.8. The molecule has 4 nitrogen and oxygen atoms in total. The van der Waals surface area contributed by atoms with Crippen LogP contribution in [0, 0.1) is 0 Å². The Balaban J connectivity index is 2.28. The van der Waals surface area contributed by atoms with Crippen LogP contribution in [0.15, 0.2) is 18.3 Å². The summed E-state index contributed by atoms with van der Waals surface area (Å²) in [5.74, 6) is 0.810. The molecule has 1 amide bonds. The van der Waals surface area contributed by atoms with Crippen LogP contribution in [0.3, 0.4) is 0 Å². The number of hydrogen-bond acceptors (Lipinski definition) is 3. The number of aromatic nitrogens is 1. The number of likely N-dealkylation sites (tertiary alicyclic amines) is 1. The highest BCUT2D eigenvalue weighted by Gasteiger charge is 2.34. The predicted molar refractivity (Wildman–Crippen MR) is 77.3 cm³/mol. The largest absolute Gasteiger partial charge is 0.370 e. The first-order valence-corrected chi connectivity index (χ1v) is 7.20. The number of anilines is 1. The van der Waals surface area contributed by atoms with Gasteiger partial charge in [-0.3, -0.25) is 4.79 Å². The first-order chi connectivity index (χ1) is 9.19. The Morgan fingerprint density at radius 3 is 2.95 bits per heavy atom. The van der Waals surface area contributed by atoms with Gasteiger partial charge < -0.3 is 10.2 Å². The van der Waals surface area contributed by atoms with Crippen LogP contribution in [0.2, 0.25) is 0 Å². The number of nitrogens with zero attached hydrogens (tertiary/aromatic N) is 2. The number of amides is 1. The zero-order chi connectivity index (χ0) is 13.8. The van der Waals surface area contributed by atoms with Gasteiger partial charge in [0.05, 0.1) is 5.56 Å². The van der Waals surface area contributed by atoms with Gasteiger partial charge in [0.2, 0.25) is 0 Å². The summed E-state index contributed by atoms with van der Waals surface area (Å²) >= 11 is 0. The van der Waals surface area contributed by atoms with Gasteiger partial charge in [0.25, 0.3) is 5.91 Å². The molecule has 0 saturated carbocycles. The number of rotatable bonds is 4. The molecule has 2 heterocycles. The maximum absolute atomic E-state index is 12.8. The van der Waals surface area contributed by atoms with Gasteiger partial charge in [-0.25, -0.2) is 4.98 Å². The summed E-state index contributed by atoms with van der Waals surface area (Å²) < 4.78 is 0. The van der Waals surface area contributed by atoms with Crippen LogP contribution >= 0.6 is 0 Å². The van der Waals surface area contributed by atoms with E-state index in [-0.39, 0.29) is 5.91 Å². The van der Waals surface area contributed by atoms with Gasteiger partial charge in [-0.05, 0) is 45.2 Å². The van der Waals surface area contributed by atoms with Gasteiger partial charge >= 0.3 is 0 Å². The van der Waals surface area contributed by atoms with Crippen molar-refractivity contribution in [2.45, 2.75) is 52.1 Å². The van der Waals surface area contributed by atoms with Crippen molar-refractivity contribution in [1.29, 1.82) is 0 Å². The van der Waals surface area contributed by atoms with Crippen LogP contribution in [0.25, 0.3) is 0 Å². The Morgan fingerprint density at radius 1 is 1.47 bits per heavy atom. The average molecular weight is 261 g/mol. The molecule has 0 bridgehead atoms. The number of pyridine rings is 1. The summed E-state index contributed by atoms with van der Waals surface area (Å²) in [6, 6.07) is 4.39. The molecule has 1 saturated heterocycles. The fourth-order valence-corrected chi connectivity index (χ4v) is 2.86. The molecular formula is C15H23N3O. The Bertz CT molecular complexity index is 447. The van der Waals surface area contributed by atoms with Crippen molar-refractivity contribution in [2.75, 3.05) is 11.9 Å². The Morgan fingerprint density at radius 2 is 2.26 bits per heavy atom. The lowest BCUT2D eigenvalue weighted by Gasteiger charge is -2.28. The second-order valence-electron chi connectivity index (χ2n) is 5.13. The minimum Gasteiger partial charge on any atom is -0.370 e. The van der Waals surface area contributed by atoms with E-state index in [4.69, 9.17) is 0 Å². The number of nitrogens with one attached hydrogen (secondary N) is 1. The molecule has 19 heavy (non-hydrogen) atoms. The fourth-order valence-electron chi connectivity index (χ4n) is 2.86. The lowest BCUT2D eigenvalue weighted by molar-refractivity contribution is 0.0677. The average Bonchev–Trinajstić information content (AvgIpc) is 2.80. The number of hydrogen-bond donors (Lipinski definition) is 1. The molecular weight excluding hydrogens is 238 g/mol. The Labute approximate surface area is 115 Å². The molecule has 0 aromatic carbocycles. The normalized spacial score (nSPS) is 22.6. The van der Waals surface area contributed by atoms with Crippen LogP contribution in [0.5, 0.6) is 0 Å². The predicted octanol–water partition coefficient (Wildman–Crippen LogP) is 2.92. The third kappa shape index (κ3) is 2.72. The van der Waals surface area contributed by atoms with E-state index in [1.807, 2.05) is 24.0 Å². The molecule has 2 rings (SSSR count). The lowest BCUT2D eigenvalue weighted by atomic mass is 10.1. The highest BCUT2D eigenvalue weighted by molar-refractivity contribution is 5.99. The quantitative estimate of drug-likeness (QED) is 0.906. The Hall–Kier alpha value is -1.58. The molecule has 104 valence electrons. The van der Waals surface area contributed by atoms with Crippen molar-refractivity contribution >= 4 is 11.7 Å². The van der Waals surface area contributed by atoms with Crippen LogP contribution in [0.1, 0.15) is 50.4 Å². The molecule has 1 aliphatic heterocycles. The third-order valence-electron chi connectivity index (χ3n) is 3.87. The smallest absolute Gasteiger partial charge is 0.258 e. The van der Waals surface area contributed by atoms with E-state index in [9.17, 15) is 4.79 Å². The third-order valence-corrected chi connectivity index (χ3v) is 3.87. The van der Waals surface area contributed by atoms with Crippen molar-refractivity contribution in [2.24, 2.45) is 0 Å². The van der Waals surface area contributed by atoms with Crippen LogP contribution in [0.4, 0.5) is 5.82 Å². The standard InChI is InChI=1S/C15H23N3O/c1-4-12-9-8-11(3)18(12)15(19)13-7-6-10-17-14(13)16-5-2/h6-7,10-12H,4-5,8-9H2,1-3H3,(H,16,17). The van der Waals surface area contributed by atoms with E-state index in [0.717, 1.165) is 25.8 Å². The van der Waals surface area contributed by atoms with Crippen molar-refractivity contribution in [3.8, 4) is 0 Å². The lowest BCUT2D eigenvalue weighted by Crippen LogP contribution is -2.40. The zero-order valence-corrected chi connectivity index (χ0v) is 12.0. The molecule has 0 spiro atoms. The molecule has 0 aliphatic carbocycles. The summed E-state index contributed by atoms with van der Waals surface area (Å²) in [4.78, 5) is 19.1.